The SMILES string of the molecule is Cc1ccc(C2(C)CCCCCN2)cn1. The molecule has 2 rings (SSSR count). The summed E-state index contributed by atoms with van der Waals surface area (Å²) in [5, 5.41) is 3.65. The first-order chi connectivity index (χ1) is 7.21. The molecule has 0 aliphatic carbocycles. The third kappa shape index (κ3) is 2.37. The number of nitrogens with zero attached hydrogens (tertiary/aromatic N) is 1. The van der Waals surface area contributed by atoms with E-state index in [-0.39, 0.29) is 5.54 Å². The molecule has 0 amide bonds. The van der Waals surface area contributed by atoms with Crippen molar-refractivity contribution in [3.63, 3.8) is 0 Å². The largest absolute Gasteiger partial charge is 0.308 e. The maximum atomic E-state index is 4.39. The summed E-state index contributed by atoms with van der Waals surface area (Å²) in [4.78, 5) is 4.39. The van der Waals surface area contributed by atoms with Gasteiger partial charge in [-0.1, -0.05) is 18.9 Å². The van der Waals surface area contributed by atoms with Gasteiger partial charge in [-0.3, -0.25) is 4.98 Å². The van der Waals surface area contributed by atoms with Crippen molar-refractivity contribution in [2.75, 3.05) is 6.54 Å². The minimum atomic E-state index is 0.136. The van der Waals surface area contributed by atoms with Crippen molar-refractivity contribution in [3.8, 4) is 0 Å². The van der Waals surface area contributed by atoms with Crippen LogP contribution in [0.3, 0.4) is 0 Å². The number of aromatic nitrogens is 1. The van der Waals surface area contributed by atoms with Crippen molar-refractivity contribution in [2.45, 2.75) is 45.1 Å². The Morgan fingerprint density at radius 2 is 2.13 bits per heavy atom. The molecular formula is C13H20N2. The van der Waals surface area contributed by atoms with Crippen LogP contribution in [0.4, 0.5) is 0 Å². The minimum Gasteiger partial charge on any atom is -0.308 e. The van der Waals surface area contributed by atoms with Gasteiger partial charge >= 0.3 is 0 Å². The van der Waals surface area contributed by atoms with Crippen LogP contribution < -0.4 is 5.32 Å². The Labute approximate surface area is 92.1 Å². The summed E-state index contributed by atoms with van der Waals surface area (Å²) in [6.45, 7) is 5.46. The fourth-order valence-electron chi connectivity index (χ4n) is 2.27. The summed E-state index contributed by atoms with van der Waals surface area (Å²) in [6, 6.07) is 4.31. The number of hydrogen-bond acceptors (Lipinski definition) is 2. The zero-order valence-corrected chi connectivity index (χ0v) is 9.71. The van der Waals surface area contributed by atoms with Crippen LogP contribution in [-0.2, 0) is 5.54 Å². The highest BCUT2D eigenvalue weighted by molar-refractivity contribution is 5.22. The van der Waals surface area contributed by atoms with Crippen LogP contribution in [0.5, 0.6) is 0 Å². The summed E-state index contributed by atoms with van der Waals surface area (Å²) in [6.07, 6.45) is 7.21. The smallest absolute Gasteiger partial charge is 0.0421 e. The molecule has 1 atom stereocenters. The molecule has 1 saturated heterocycles. The van der Waals surface area contributed by atoms with Crippen molar-refractivity contribution in [3.05, 3.63) is 29.6 Å². The van der Waals surface area contributed by atoms with Gasteiger partial charge in [0.2, 0.25) is 0 Å². The standard InChI is InChI=1S/C13H20N2/c1-11-6-7-12(10-14-11)13(2)8-4-3-5-9-15-13/h6-7,10,15H,3-5,8-9H2,1-2H3. The lowest BCUT2D eigenvalue weighted by molar-refractivity contribution is 0.358. The van der Waals surface area contributed by atoms with Gasteiger partial charge in [0.15, 0.2) is 0 Å². The summed E-state index contributed by atoms with van der Waals surface area (Å²) in [7, 11) is 0. The maximum Gasteiger partial charge on any atom is 0.0421 e. The van der Waals surface area contributed by atoms with Crippen molar-refractivity contribution < 1.29 is 0 Å². The Bertz CT molecular complexity index is 308. The molecule has 2 nitrogen and oxygen atoms in total. The van der Waals surface area contributed by atoms with E-state index < -0.39 is 0 Å². The van der Waals surface area contributed by atoms with Crippen LogP contribution in [0.25, 0.3) is 0 Å². The summed E-state index contributed by atoms with van der Waals surface area (Å²) >= 11 is 0. The first-order valence-electron chi connectivity index (χ1n) is 5.89. The topological polar surface area (TPSA) is 24.9 Å². The highest BCUT2D eigenvalue weighted by Gasteiger charge is 2.26. The Kier molecular flexibility index (Phi) is 3.06. The van der Waals surface area contributed by atoms with Gasteiger partial charge in [-0.2, -0.15) is 0 Å². The molecule has 2 heterocycles. The average Bonchev–Trinajstić information content (AvgIpc) is 2.45. The third-order valence-corrected chi connectivity index (χ3v) is 3.42. The molecule has 0 spiro atoms. The maximum absolute atomic E-state index is 4.39. The van der Waals surface area contributed by atoms with Gasteiger partial charge in [-0.15, -0.1) is 0 Å². The van der Waals surface area contributed by atoms with Crippen molar-refractivity contribution in [2.24, 2.45) is 0 Å². The molecule has 2 heteroatoms. The van der Waals surface area contributed by atoms with Crippen LogP contribution in [-0.4, -0.2) is 11.5 Å². The Morgan fingerprint density at radius 3 is 2.87 bits per heavy atom. The molecule has 1 fully saturated rings. The zero-order valence-electron chi connectivity index (χ0n) is 9.71. The normalized spacial score (nSPS) is 27.3. The molecule has 82 valence electrons. The van der Waals surface area contributed by atoms with E-state index in [1.165, 1.54) is 31.2 Å². The highest BCUT2D eigenvalue weighted by Crippen LogP contribution is 2.28. The fraction of sp³-hybridized carbons (Fsp3) is 0.615. The second kappa shape index (κ2) is 4.31. The molecule has 1 aliphatic heterocycles. The van der Waals surface area contributed by atoms with Gasteiger partial charge in [0, 0.05) is 17.4 Å². The van der Waals surface area contributed by atoms with E-state index in [4.69, 9.17) is 0 Å². The summed E-state index contributed by atoms with van der Waals surface area (Å²) in [5.74, 6) is 0. The molecule has 15 heavy (non-hydrogen) atoms. The van der Waals surface area contributed by atoms with Gasteiger partial charge < -0.3 is 5.32 Å². The number of nitrogens with one attached hydrogen (secondary N) is 1. The third-order valence-electron chi connectivity index (χ3n) is 3.42. The van der Waals surface area contributed by atoms with E-state index in [9.17, 15) is 0 Å². The molecule has 1 aliphatic rings. The summed E-state index contributed by atoms with van der Waals surface area (Å²) in [5.41, 5.74) is 2.56. The first-order valence-corrected chi connectivity index (χ1v) is 5.89. The van der Waals surface area contributed by atoms with Crippen molar-refractivity contribution in [1.82, 2.24) is 10.3 Å². The van der Waals surface area contributed by atoms with Gasteiger partial charge in [-0.05, 0) is 44.9 Å². The first kappa shape index (κ1) is 10.6. The molecule has 1 aromatic rings. The Hall–Kier alpha value is -0.890. The van der Waals surface area contributed by atoms with E-state index in [0.717, 1.165) is 12.2 Å². The Morgan fingerprint density at radius 1 is 1.27 bits per heavy atom. The molecule has 0 saturated carbocycles. The number of hydrogen-bond donors (Lipinski definition) is 1. The van der Waals surface area contributed by atoms with E-state index in [0.29, 0.717) is 0 Å². The zero-order chi connectivity index (χ0) is 10.7. The van der Waals surface area contributed by atoms with Crippen LogP contribution in [0.2, 0.25) is 0 Å². The fourth-order valence-corrected chi connectivity index (χ4v) is 2.27. The lowest BCUT2D eigenvalue weighted by Crippen LogP contribution is -2.38. The van der Waals surface area contributed by atoms with Crippen LogP contribution >= 0.6 is 0 Å². The predicted octanol–water partition coefficient (Wildman–Crippen LogP) is 2.77. The lowest BCUT2D eigenvalue weighted by atomic mass is 9.89. The lowest BCUT2D eigenvalue weighted by Gasteiger charge is -2.29. The number of aryl methyl sites for hydroxylation is 1. The van der Waals surface area contributed by atoms with Gasteiger partial charge in [0.05, 0.1) is 0 Å². The molecule has 0 bridgehead atoms. The van der Waals surface area contributed by atoms with Gasteiger partial charge in [0.25, 0.3) is 0 Å². The quantitative estimate of drug-likeness (QED) is 0.761. The number of pyridine rings is 1. The average molecular weight is 204 g/mol. The molecule has 0 radical (unpaired) electrons. The minimum absolute atomic E-state index is 0.136. The molecule has 1 N–H and O–H groups in total. The molecule has 1 aromatic heterocycles. The van der Waals surface area contributed by atoms with Crippen molar-refractivity contribution >= 4 is 0 Å². The van der Waals surface area contributed by atoms with Crippen molar-refractivity contribution in [1.29, 1.82) is 0 Å². The van der Waals surface area contributed by atoms with Crippen LogP contribution in [0.15, 0.2) is 18.3 Å². The van der Waals surface area contributed by atoms with Gasteiger partial charge in [0.1, 0.15) is 0 Å². The second-order valence-electron chi connectivity index (χ2n) is 4.76. The molecular weight excluding hydrogens is 184 g/mol. The molecule has 0 aromatic carbocycles. The highest BCUT2D eigenvalue weighted by atomic mass is 15.0. The number of rotatable bonds is 1. The monoisotopic (exact) mass is 204 g/mol. The van der Waals surface area contributed by atoms with Gasteiger partial charge in [-0.25, -0.2) is 0 Å². The van der Waals surface area contributed by atoms with Crippen LogP contribution in [0, 0.1) is 6.92 Å². The Balaban J connectivity index is 2.22. The van der Waals surface area contributed by atoms with E-state index in [2.05, 4.69) is 29.4 Å². The summed E-state index contributed by atoms with van der Waals surface area (Å²) < 4.78 is 0. The van der Waals surface area contributed by atoms with E-state index in [1.54, 1.807) is 0 Å². The predicted molar refractivity (Wildman–Crippen MR) is 62.8 cm³/mol. The second-order valence-corrected chi connectivity index (χ2v) is 4.76. The molecule has 1 unspecified atom stereocenters. The van der Waals surface area contributed by atoms with E-state index in [1.807, 2.05) is 13.1 Å². The van der Waals surface area contributed by atoms with Crippen LogP contribution in [0.1, 0.15) is 43.9 Å². The van der Waals surface area contributed by atoms with E-state index >= 15 is 0 Å².